The van der Waals surface area contributed by atoms with Crippen LogP contribution in [0.2, 0.25) is 0 Å². The minimum Gasteiger partial charge on any atom is -0.353 e. The maximum Gasteiger partial charge on any atom is 0.417 e. The van der Waals surface area contributed by atoms with Gasteiger partial charge in [0.15, 0.2) is 5.16 Å². The van der Waals surface area contributed by atoms with Crippen LogP contribution < -0.4 is 10.5 Å². The molecule has 0 aliphatic carbocycles. The fourth-order valence-corrected chi connectivity index (χ4v) is 3.71. The van der Waals surface area contributed by atoms with Crippen molar-refractivity contribution in [3.05, 3.63) is 45.5 Å². The lowest BCUT2D eigenvalue weighted by molar-refractivity contribution is -0.137. The molecule has 0 saturated carbocycles. The maximum absolute atomic E-state index is 12.7. The summed E-state index contributed by atoms with van der Waals surface area (Å²) in [5, 5.41) is 0.542. The van der Waals surface area contributed by atoms with Crippen molar-refractivity contribution < 1.29 is 18.0 Å². The number of nitrogens with zero attached hydrogens (tertiary/aromatic N) is 4. The van der Waals surface area contributed by atoms with Gasteiger partial charge in [-0.3, -0.25) is 9.59 Å². The van der Waals surface area contributed by atoms with Gasteiger partial charge in [-0.15, -0.1) is 0 Å². The monoisotopic (exact) mass is 441 g/mol. The second-order valence-electron chi connectivity index (χ2n) is 6.91. The Morgan fingerprint density at radius 2 is 1.93 bits per heavy atom. The second kappa shape index (κ2) is 9.07. The van der Waals surface area contributed by atoms with E-state index in [9.17, 15) is 22.8 Å². The molecule has 1 fully saturated rings. The van der Waals surface area contributed by atoms with Gasteiger partial charge in [0.2, 0.25) is 5.91 Å². The highest BCUT2D eigenvalue weighted by Gasteiger charge is 2.31. The van der Waals surface area contributed by atoms with Gasteiger partial charge in [-0.05, 0) is 31.7 Å². The van der Waals surface area contributed by atoms with E-state index in [-0.39, 0.29) is 17.9 Å². The maximum atomic E-state index is 12.7. The lowest BCUT2D eigenvalue weighted by Gasteiger charge is -2.35. The molecule has 162 valence electrons. The van der Waals surface area contributed by atoms with Gasteiger partial charge in [0.1, 0.15) is 5.82 Å². The largest absolute Gasteiger partial charge is 0.417 e. The van der Waals surface area contributed by atoms with Crippen LogP contribution in [0.5, 0.6) is 0 Å². The first-order valence-corrected chi connectivity index (χ1v) is 10.6. The van der Waals surface area contributed by atoms with Crippen molar-refractivity contribution in [1.82, 2.24) is 19.9 Å². The van der Waals surface area contributed by atoms with Gasteiger partial charge >= 0.3 is 6.18 Å². The molecule has 2 aromatic heterocycles. The van der Waals surface area contributed by atoms with Crippen molar-refractivity contribution in [2.24, 2.45) is 0 Å². The van der Waals surface area contributed by atoms with Crippen molar-refractivity contribution >= 4 is 23.5 Å². The number of hydrogen-bond donors (Lipinski definition) is 1. The predicted molar refractivity (Wildman–Crippen MR) is 108 cm³/mol. The predicted octanol–water partition coefficient (Wildman–Crippen LogP) is 2.50. The van der Waals surface area contributed by atoms with E-state index >= 15 is 0 Å². The quantitative estimate of drug-likeness (QED) is 0.567. The number of H-pyrrole nitrogens is 1. The third kappa shape index (κ3) is 5.13. The van der Waals surface area contributed by atoms with Gasteiger partial charge in [-0.1, -0.05) is 11.8 Å². The standard InChI is InChI=1S/C19H22F3N5O2S/c1-12-14(17(29)25-18(24-12)30-2)4-6-16(28)27-9-7-26(8-10-27)15-5-3-13(11-23-15)19(20,21)22/h3,5,11H,4,6-10H2,1-2H3,(H,24,25,29). The normalized spacial score (nSPS) is 14.8. The van der Waals surface area contributed by atoms with Gasteiger partial charge < -0.3 is 14.8 Å². The zero-order valence-electron chi connectivity index (χ0n) is 16.6. The Labute approximate surface area is 175 Å². The number of carbonyl (C=O) groups is 1. The number of amides is 1. The van der Waals surface area contributed by atoms with Crippen LogP contribution >= 0.6 is 11.8 Å². The molecule has 2 aromatic rings. The molecule has 0 spiro atoms. The SMILES string of the molecule is CSc1nc(C)c(CCC(=O)N2CCN(c3ccc(C(F)(F)F)cn3)CC2)c(=O)[nH]1. The van der Waals surface area contributed by atoms with Crippen molar-refractivity contribution in [1.29, 1.82) is 0 Å². The second-order valence-corrected chi connectivity index (χ2v) is 7.70. The minimum atomic E-state index is -4.41. The number of hydrogen-bond acceptors (Lipinski definition) is 6. The van der Waals surface area contributed by atoms with E-state index < -0.39 is 11.7 Å². The van der Waals surface area contributed by atoms with Crippen LogP contribution in [0.1, 0.15) is 23.2 Å². The Kier molecular flexibility index (Phi) is 6.69. The molecule has 0 bridgehead atoms. The molecule has 1 N–H and O–H groups in total. The van der Waals surface area contributed by atoms with Gasteiger partial charge in [0.05, 0.1) is 5.56 Å². The number of piperazine rings is 1. The fraction of sp³-hybridized carbons (Fsp3) is 0.474. The highest BCUT2D eigenvalue weighted by molar-refractivity contribution is 7.98. The molecule has 3 rings (SSSR count). The van der Waals surface area contributed by atoms with E-state index in [1.807, 2.05) is 11.2 Å². The minimum absolute atomic E-state index is 0.0669. The van der Waals surface area contributed by atoms with E-state index in [0.717, 1.165) is 12.3 Å². The zero-order valence-corrected chi connectivity index (χ0v) is 17.4. The molecule has 11 heteroatoms. The Bertz CT molecular complexity index is 954. The molecule has 7 nitrogen and oxygen atoms in total. The average Bonchev–Trinajstić information content (AvgIpc) is 2.72. The highest BCUT2D eigenvalue weighted by Crippen LogP contribution is 2.29. The molecule has 1 aliphatic rings. The summed E-state index contributed by atoms with van der Waals surface area (Å²) < 4.78 is 38.0. The summed E-state index contributed by atoms with van der Waals surface area (Å²) in [6, 6.07) is 2.36. The topological polar surface area (TPSA) is 82.2 Å². The number of aromatic amines is 1. The number of anilines is 1. The molecule has 0 aromatic carbocycles. The highest BCUT2D eigenvalue weighted by atomic mass is 32.2. The van der Waals surface area contributed by atoms with Crippen LogP contribution in [0, 0.1) is 6.92 Å². The van der Waals surface area contributed by atoms with Crippen LogP contribution in [0.15, 0.2) is 28.3 Å². The summed E-state index contributed by atoms with van der Waals surface area (Å²) in [5.74, 6) is 0.389. The first-order chi connectivity index (χ1) is 14.2. The van der Waals surface area contributed by atoms with E-state index in [4.69, 9.17) is 0 Å². The van der Waals surface area contributed by atoms with Crippen LogP contribution in [0.25, 0.3) is 0 Å². The number of carbonyl (C=O) groups excluding carboxylic acids is 1. The van der Waals surface area contributed by atoms with Crippen LogP contribution in [-0.2, 0) is 17.4 Å². The number of aryl methyl sites for hydroxylation is 1. The Morgan fingerprint density at radius 1 is 1.23 bits per heavy atom. The molecule has 3 heterocycles. The number of pyridine rings is 1. The summed E-state index contributed by atoms with van der Waals surface area (Å²) in [7, 11) is 0. The Balaban J connectivity index is 1.54. The van der Waals surface area contributed by atoms with Gasteiger partial charge in [-0.25, -0.2) is 9.97 Å². The van der Waals surface area contributed by atoms with E-state index in [1.165, 1.54) is 17.8 Å². The van der Waals surface area contributed by atoms with E-state index in [0.29, 0.717) is 54.8 Å². The number of alkyl halides is 3. The van der Waals surface area contributed by atoms with Crippen molar-refractivity contribution in [3.8, 4) is 0 Å². The Hall–Kier alpha value is -2.56. The molecule has 0 radical (unpaired) electrons. The summed E-state index contributed by atoms with van der Waals surface area (Å²) in [6.45, 7) is 3.60. The summed E-state index contributed by atoms with van der Waals surface area (Å²) in [6.07, 6.45) is -1.27. The number of aromatic nitrogens is 3. The lowest BCUT2D eigenvalue weighted by Crippen LogP contribution is -2.49. The van der Waals surface area contributed by atoms with Crippen molar-refractivity contribution in [2.75, 3.05) is 37.3 Å². The summed E-state index contributed by atoms with van der Waals surface area (Å²) >= 11 is 1.35. The van der Waals surface area contributed by atoms with Crippen LogP contribution in [0.4, 0.5) is 19.0 Å². The number of rotatable bonds is 5. The van der Waals surface area contributed by atoms with Crippen LogP contribution in [0.3, 0.4) is 0 Å². The molecule has 0 atom stereocenters. The smallest absolute Gasteiger partial charge is 0.353 e. The van der Waals surface area contributed by atoms with Gasteiger partial charge in [0, 0.05) is 50.1 Å². The molecule has 30 heavy (non-hydrogen) atoms. The van der Waals surface area contributed by atoms with Crippen LogP contribution in [-0.4, -0.2) is 58.2 Å². The lowest BCUT2D eigenvalue weighted by atomic mass is 10.1. The first kappa shape index (κ1) is 22.1. The Morgan fingerprint density at radius 3 is 2.47 bits per heavy atom. The molecule has 0 unspecified atom stereocenters. The summed E-state index contributed by atoms with van der Waals surface area (Å²) in [5.41, 5.74) is 0.117. The fourth-order valence-electron chi connectivity index (χ4n) is 3.29. The van der Waals surface area contributed by atoms with Gasteiger partial charge in [0.25, 0.3) is 5.56 Å². The molecule has 1 aliphatic heterocycles. The number of thioether (sulfide) groups is 1. The third-order valence-electron chi connectivity index (χ3n) is 5.01. The molecule has 1 saturated heterocycles. The molecule has 1 amide bonds. The van der Waals surface area contributed by atoms with Crippen molar-refractivity contribution in [2.45, 2.75) is 31.1 Å². The van der Waals surface area contributed by atoms with Gasteiger partial charge in [-0.2, -0.15) is 13.2 Å². The van der Waals surface area contributed by atoms with Crippen molar-refractivity contribution in [3.63, 3.8) is 0 Å². The first-order valence-electron chi connectivity index (χ1n) is 9.39. The average molecular weight is 441 g/mol. The van der Waals surface area contributed by atoms with E-state index in [1.54, 1.807) is 11.8 Å². The zero-order chi connectivity index (χ0) is 21.9. The molecular formula is C19H22F3N5O2S. The molecular weight excluding hydrogens is 419 g/mol. The number of halogens is 3. The van der Waals surface area contributed by atoms with E-state index in [2.05, 4.69) is 15.0 Å². The number of nitrogens with one attached hydrogen (secondary N) is 1. The summed E-state index contributed by atoms with van der Waals surface area (Å²) in [4.78, 5) is 39.2. The third-order valence-corrected chi connectivity index (χ3v) is 5.59.